The van der Waals surface area contributed by atoms with Crippen molar-refractivity contribution in [1.82, 2.24) is 10.2 Å². The third-order valence-corrected chi connectivity index (χ3v) is 3.81. The second-order valence-electron chi connectivity index (χ2n) is 5.55. The van der Waals surface area contributed by atoms with Crippen molar-refractivity contribution in [2.24, 2.45) is 0 Å². The molecule has 1 aliphatic rings. The van der Waals surface area contributed by atoms with Gasteiger partial charge < -0.3 is 15.0 Å². The normalized spacial score (nSPS) is 16.2. The van der Waals surface area contributed by atoms with Crippen molar-refractivity contribution < 1.29 is 22.7 Å². The average molecular weight is 330 g/mol. The van der Waals surface area contributed by atoms with E-state index in [1.807, 2.05) is 11.8 Å². The summed E-state index contributed by atoms with van der Waals surface area (Å²) in [6.45, 7) is 4.39. The second kappa shape index (κ2) is 7.68. The molecule has 0 bridgehead atoms. The predicted octanol–water partition coefficient (Wildman–Crippen LogP) is 3.19. The fourth-order valence-corrected chi connectivity index (χ4v) is 2.77. The van der Waals surface area contributed by atoms with Crippen molar-refractivity contribution in [2.45, 2.75) is 38.6 Å². The summed E-state index contributed by atoms with van der Waals surface area (Å²) in [4.78, 5) is 14.5. The number of nitrogens with one attached hydrogen (secondary N) is 1. The number of carbonyl (C=O) groups is 1. The molecule has 0 atom stereocenters. The lowest BCUT2D eigenvalue weighted by Crippen LogP contribution is -2.46. The third kappa shape index (κ3) is 5.13. The third-order valence-electron chi connectivity index (χ3n) is 3.81. The molecule has 0 saturated carbocycles. The highest BCUT2D eigenvalue weighted by Gasteiger charge is 2.31. The summed E-state index contributed by atoms with van der Waals surface area (Å²) in [7, 11) is 0. The van der Waals surface area contributed by atoms with Crippen molar-refractivity contribution in [2.75, 3.05) is 19.6 Å². The van der Waals surface area contributed by atoms with Gasteiger partial charge >= 0.3 is 6.36 Å². The Kier molecular flexibility index (Phi) is 5.87. The summed E-state index contributed by atoms with van der Waals surface area (Å²) in [6, 6.07) is 5.29. The van der Waals surface area contributed by atoms with Crippen LogP contribution in [0.25, 0.3) is 0 Å². The molecule has 1 heterocycles. The molecule has 1 aromatic carbocycles. The zero-order valence-corrected chi connectivity index (χ0v) is 13.0. The average Bonchev–Trinajstić information content (AvgIpc) is 2.52. The lowest BCUT2D eigenvalue weighted by molar-refractivity contribution is -0.274. The first-order valence-corrected chi connectivity index (χ1v) is 7.78. The number of alkyl halides is 3. The smallest absolute Gasteiger partial charge is 0.406 e. The Morgan fingerprint density at radius 3 is 2.39 bits per heavy atom. The number of amides is 1. The molecule has 1 saturated heterocycles. The Bertz CT molecular complexity index is 511. The molecule has 0 unspecified atom stereocenters. The van der Waals surface area contributed by atoms with Crippen LogP contribution in [0.1, 0.15) is 36.5 Å². The van der Waals surface area contributed by atoms with E-state index >= 15 is 0 Å². The molecule has 1 aromatic rings. The number of piperidine rings is 1. The van der Waals surface area contributed by atoms with Crippen molar-refractivity contribution in [3.63, 3.8) is 0 Å². The lowest BCUT2D eigenvalue weighted by atomic mass is 10.0. The Balaban J connectivity index is 2.09. The summed E-state index contributed by atoms with van der Waals surface area (Å²) < 4.78 is 40.3. The summed E-state index contributed by atoms with van der Waals surface area (Å²) in [5.74, 6) is -0.463. The van der Waals surface area contributed by atoms with Crippen LogP contribution in [0.3, 0.4) is 0 Å². The fraction of sp³-hybridized carbons (Fsp3) is 0.562. The quantitative estimate of drug-likeness (QED) is 0.901. The van der Waals surface area contributed by atoms with Crippen LogP contribution in [0.5, 0.6) is 5.75 Å². The minimum Gasteiger partial charge on any atom is -0.406 e. The first kappa shape index (κ1) is 17.6. The van der Waals surface area contributed by atoms with Gasteiger partial charge in [-0.05, 0) is 56.6 Å². The van der Waals surface area contributed by atoms with E-state index in [0.717, 1.165) is 32.4 Å². The summed E-state index contributed by atoms with van der Waals surface area (Å²) >= 11 is 0. The summed E-state index contributed by atoms with van der Waals surface area (Å²) in [6.07, 6.45) is -2.11. The molecule has 7 heteroatoms. The number of ether oxygens (including phenoxy) is 1. The van der Waals surface area contributed by atoms with Gasteiger partial charge in [0.25, 0.3) is 5.91 Å². The van der Waals surface area contributed by atoms with Crippen LogP contribution < -0.4 is 10.1 Å². The second-order valence-corrected chi connectivity index (χ2v) is 5.55. The zero-order chi connectivity index (χ0) is 16.9. The van der Waals surface area contributed by atoms with Crippen LogP contribution >= 0.6 is 0 Å². The van der Waals surface area contributed by atoms with Crippen LogP contribution in [0.2, 0.25) is 0 Å². The van der Waals surface area contributed by atoms with E-state index in [1.54, 1.807) is 0 Å². The number of rotatable bonds is 5. The Labute approximate surface area is 133 Å². The van der Waals surface area contributed by atoms with Gasteiger partial charge in [-0.25, -0.2) is 0 Å². The molecule has 2 rings (SSSR count). The molecular weight excluding hydrogens is 309 g/mol. The van der Waals surface area contributed by atoms with Crippen molar-refractivity contribution in [1.29, 1.82) is 0 Å². The summed E-state index contributed by atoms with van der Waals surface area (Å²) in [5, 5.41) is 3.26. The topological polar surface area (TPSA) is 41.6 Å². The maximum Gasteiger partial charge on any atom is 0.573 e. The van der Waals surface area contributed by atoms with Crippen LogP contribution in [0.4, 0.5) is 13.2 Å². The largest absolute Gasteiger partial charge is 0.573 e. The molecule has 128 valence electrons. The summed E-state index contributed by atoms with van der Waals surface area (Å²) in [5.41, 5.74) is 0.381. The molecule has 0 aliphatic carbocycles. The molecule has 0 aromatic heterocycles. The molecule has 4 nitrogen and oxygen atoms in total. The van der Waals surface area contributed by atoms with E-state index < -0.39 is 6.36 Å². The Hall–Kier alpha value is -1.76. The minimum atomic E-state index is -4.73. The van der Waals surface area contributed by atoms with Gasteiger partial charge in [0.15, 0.2) is 0 Å². The minimum absolute atomic E-state index is 0.141. The highest BCUT2D eigenvalue weighted by molar-refractivity contribution is 5.94. The first-order chi connectivity index (χ1) is 10.9. The molecule has 0 spiro atoms. The number of carbonyl (C=O) groups excluding carboxylic acids is 1. The zero-order valence-electron chi connectivity index (χ0n) is 13.0. The number of halogens is 3. The lowest BCUT2D eigenvalue weighted by Gasteiger charge is -2.34. The van der Waals surface area contributed by atoms with E-state index in [2.05, 4.69) is 10.1 Å². The van der Waals surface area contributed by atoms with Gasteiger partial charge in [0.1, 0.15) is 5.75 Å². The maximum atomic E-state index is 12.7. The highest BCUT2D eigenvalue weighted by Crippen LogP contribution is 2.24. The Morgan fingerprint density at radius 2 is 1.87 bits per heavy atom. The molecule has 1 fully saturated rings. The SMILES string of the molecule is CCCN(C(=O)c1ccc(OC(F)(F)F)cc1)C1CCNCC1. The van der Waals surface area contributed by atoms with Crippen molar-refractivity contribution in [3.8, 4) is 5.75 Å². The van der Waals surface area contributed by atoms with E-state index in [4.69, 9.17) is 0 Å². The van der Waals surface area contributed by atoms with Gasteiger partial charge in [-0.15, -0.1) is 13.2 Å². The molecular formula is C16H21F3N2O2. The Morgan fingerprint density at radius 1 is 1.26 bits per heavy atom. The standard InChI is InChI=1S/C16H21F3N2O2/c1-2-11-21(13-7-9-20-10-8-13)15(22)12-3-5-14(6-4-12)23-16(17,18)19/h3-6,13,20H,2,7-11H2,1H3. The van der Waals surface area contributed by atoms with Gasteiger partial charge in [-0.3, -0.25) is 4.79 Å². The maximum absolute atomic E-state index is 12.7. The predicted molar refractivity (Wildman–Crippen MR) is 80.3 cm³/mol. The van der Waals surface area contributed by atoms with Crippen LogP contribution in [0.15, 0.2) is 24.3 Å². The van der Waals surface area contributed by atoms with E-state index in [1.165, 1.54) is 24.3 Å². The number of nitrogens with zero attached hydrogens (tertiary/aromatic N) is 1. The molecule has 1 aliphatic heterocycles. The molecule has 0 radical (unpaired) electrons. The van der Waals surface area contributed by atoms with Crippen molar-refractivity contribution in [3.05, 3.63) is 29.8 Å². The monoisotopic (exact) mass is 330 g/mol. The first-order valence-electron chi connectivity index (χ1n) is 7.78. The van der Waals surface area contributed by atoms with E-state index in [0.29, 0.717) is 12.1 Å². The molecule has 1 N–H and O–H groups in total. The van der Waals surface area contributed by atoms with Crippen molar-refractivity contribution >= 4 is 5.91 Å². The highest BCUT2D eigenvalue weighted by atomic mass is 19.4. The molecule has 23 heavy (non-hydrogen) atoms. The van der Waals surface area contributed by atoms with E-state index in [9.17, 15) is 18.0 Å². The van der Waals surface area contributed by atoms with E-state index in [-0.39, 0.29) is 17.7 Å². The number of benzene rings is 1. The van der Waals surface area contributed by atoms with Gasteiger partial charge in [0.2, 0.25) is 0 Å². The van der Waals surface area contributed by atoms with Crippen LogP contribution in [-0.4, -0.2) is 42.8 Å². The molecule has 1 amide bonds. The van der Waals surface area contributed by atoms with Gasteiger partial charge in [0.05, 0.1) is 0 Å². The number of hydrogen-bond donors (Lipinski definition) is 1. The van der Waals surface area contributed by atoms with Gasteiger partial charge in [0, 0.05) is 18.2 Å². The van der Waals surface area contributed by atoms with Crippen LogP contribution in [0, 0.1) is 0 Å². The van der Waals surface area contributed by atoms with Crippen LogP contribution in [-0.2, 0) is 0 Å². The van der Waals surface area contributed by atoms with Gasteiger partial charge in [-0.1, -0.05) is 6.92 Å². The van der Waals surface area contributed by atoms with Gasteiger partial charge in [-0.2, -0.15) is 0 Å². The fourth-order valence-electron chi connectivity index (χ4n) is 2.77. The number of hydrogen-bond acceptors (Lipinski definition) is 3.